The van der Waals surface area contributed by atoms with Crippen molar-refractivity contribution in [1.82, 2.24) is 15.3 Å². The van der Waals surface area contributed by atoms with Gasteiger partial charge in [-0.2, -0.15) is 4.98 Å². The number of nitrogens with one attached hydrogen (secondary N) is 2. The number of nitrogens with zero attached hydrogens (tertiary/aromatic N) is 2. The first kappa shape index (κ1) is 27.9. The van der Waals surface area contributed by atoms with Gasteiger partial charge in [-0.15, -0.1) is 0 Å². The summed E-state index contributed by atoms with van der Waals surface area (Å²) in [6.45, 7) is 11.8. The maximum atomic E-state index is 11.7. The van der Waals surface area contributed by atoms with E-state index in [2.05, 4.69) is 20.6 Å². The summed E-state index contributed by atoms with van der Waals surface area (Å²) in [6, 6.07) is 4.91. The molecule has 2 heterocycles. The summed E-state index contributed by atoms with van der Waals surface area (Å²) in [5.74, 6) is -0.0214. The summed E-state index contributed by atoms with van der Waals surface area (Å²) in [4.78, 5) is 31.1. The second-order valence-corrected chi connectivity index (χ2v) is 8.49. The minimum Gasteiger partial charge on any atom is -0.481 e. The van der Waals surface area contributed by atoms with Crippen molar-refractivity contribution in [3.05, 3.63) is 35.5 Å². The molecule has 1 amide bonds. The van der Waals surface area contributed by atoms with Crippen molar-refractivity contribution in [2.75, 3.05) is 18.4 Å². The first-order chi connectivity index (χ1) is 16.5. The van der Waals surface area contributed by atoms with Crippen LogP contribution in [0.25, 0.3) is 0 Å². The quantitative estimate of drug-likeness (QED) is 0.322. The molecule has 1 aromatic carbocycles. The fourth-order valence-corrected chi connectivity index (χ4v) is 3.36. The van der Waals surface area contributed by atoms with E-state index in [0.717, 1.165) is 5.56 Å². The monoisotopic (exact) mass is 488 g/mol. The van der Waals surface area contributed by atoms with E-state index >= 15 is 0 Å². The van der Waals surface area contributed by atoms with E-state index in [1.807, 2.05) is 13.8 Å². The number of fused-ring (bicyclic) bond motifs is 1. The van der Waals surface area contributed by atoms with Gasteiger partial charge in [0, 0.05) is 25.4 Å². The zero-order valence-corrected chi connectivity index (χ0v) is 20.9. The van der Waals surface area contributed by atoms with E-state index in [0.29, 0.717) is 35.8 Å². The van der Waals surface area contributed by atoms with Gasteiger partial charge in [0.05, 0.1) is 12.5 Å². The highest BCUT2D eigenvalue weighted by Gasteiger charge is 2.38. The third-order valence-electron chi connectivity index (χ3n) is 4.56. The highest BCUT2D eigenvalue weighted by atomic mass is 16.6. The molecule has 0 radical (unpaired) electrons. The molecule has 0 bridgehead atoms. The molecule has 4 N–H and O–H groups in total. The van der Waals surface area contributed by atoms with Gasteiger partial charge in [0.2, 0.25) is 11.8 Å². The van der Waals surface area contributed by atoms with Crippen LogP contribution in [0, 0.1) is 6.92 Å². The van der Waals surface area contributed by atoms with Crippen molar-refractivity contribution in [3.8, 4) is 11.6 Å². The van der Waals surface area contributed by atoms with Crippen LogP contribution in [-0.4, -0.2) is 58.0 Å². The highest BCUT2D eigenvalue weighted by molar-refractivity contribution is 6.62. The molecule has 1 aromatic heterocycles. The van der Waals surface area contributed by atoms with Crippen molar-refractivity contribution >= 4 is 30.6 Å². The molecule has 1 unspecified atom stereocenters. The number of anilines is 1. The topological polar surface area (TPSA) is 152 Å². The van der Waals surface area contributed by atoms with E-state index in [1.54, 1.807) is 45.9 Å². The number of carbonyl (C=O) groups excluding carboxylic acids is 1. The van der Waals surface area contributed by atoms with E-state index in [1.165, 1.54) is 6.20 Å². The van der Waals surface area contributed by atoms with Crippen molar-refractivity contribution in [2.24, 2.45) is 0 Å². The molecule has 1 aliphatic heterocycles. The van der Waals surface area contributed by atoms with Crippen LogP contribution in [0.1, 0.15) is 58.3 Å². The first-order valence-electron chi connectivity index (χ1n) is 11.4. The van der Waals surface area contributed by atoms with E-state index in [9.17, 15) is 14.6 Å². The summed E-state index contributed by atoms with van der Waals surface area (Å²) >= 11 is 0. The summed E-state index contributed by atoms with van der Waals surface area (Å²) in [5.41, 5.74) is 1.30. The Morgan fingerprint density at radius 3 is 2.60 bits per heavy atom. The normalized spacial score (nSPS) is 14.4. The summed E-state index contributed by atoms with van der Waals surface area (Å²) < 4.78 is 16.4. The number of aliphatic carboxylic acids is 1. The van der Waals surface area contributed by atoms with Gasteiger partial charge in [0.1, 0.15) is 11.4 Å². The lowest BCUT2D eigenvalue weighted by Gasteiger charge is -2.19. The first-order valence-corrected chi connectivity index (χ1v) is 11.4. The van der Waals surface area contributed by atoms with Crippen molar-refractivity contribution in [2.45, 2.75) is 59.7 Å². The molecule has 3 rings (SSSR count). The third-order valence-corrected chi connectivity index (χ3v) is 4.56. The molecule has 0 saturated carbocycles. The van der Waals surface area contributed by atoms with Gasteiger partial charge in [-0.05, 0) is 56.4 Å². The lowest BCUT2D eigenvalue weighted by atomic mass is 9.77. The Balaban J connectivity index is 0.00000210. The SMILES string of the molecule is CC.Cc1cc(Oc2ccnc(NCCNC(=O)OC(C)(C)C)n2)cc2c1C(CC(=O)O)OB2O. The number of alkyl carbamates (subject to hydrolysis) is 1. The largest absolute Gasteiger partial charge is 0.492 e. The molecule has 0 fully saturated rings. The molecular formula is C23H33BN4O7. The second-order valence-electron chi connectivity index (χ2n) is 8.49. The van der Waals surface area contributed by atoms with Crippen LogP contribution < -0.4 is 20.8 Å². The maximum Gasteiger partial charge on any atom is 0.492 e. The zero-order valence-electron chi connectivity index (χ0n) is 20.9. The number of hydrogen-bond donors (Lipinski definition) is 4. The molecule has 1 atom stereocenters. The Kier molecular flexibility index (Phi) is 9.84. The average molecular weight is 488 g/mol. The molecule has 190 valence electrons. The predicted octanol–water partition coefficient (Wildman–Crippen LogP) is 2.77. The van der Waals surface area contributed by atoms with Gasteiger partial charge in [-0.1, -0.05) is 13.8 Å². The zero-order chi connectivity index (χ0) is 26.2. The molecule has 0 saturated heterocycles. The van der Waals surface area contributed by atoms with Crippen molar-refractivity contribution in [3.63, 3.8) is 0 Å². The number of amides is 1. The fraction of sp³-hybridized carbons (Fsp3) is 0.478. The predicted molar refractivity (Wildman–Crippen MR) is 131 cm³/mol. The van der Waals surface area contributed by atoms with Crippen LogP contribution >= 0.6 is 0 Å². The highest BCUT2D eigenvalue weighted by Crippen LogP contribution is 2.32. The maximum absolute atomic E-state index is 11.7. The average Bonchev–Trinajstić information content (AvgIpc) is 3.06. The molecule has 0 spiro atoms. The molecule has 1 aliphatic rings. The number of ether oxygens (including phenoxy) is 2. The van der Waals surface area contributed by atoms with Gasteiger partial charge in [-0.25, -0.2) is 9.78 Å². The van der Waals surface area contributed by atoms with Crippen LogP contribution in [0.3, 0.4) is 0 Å². The Labute approximate surface area is 205 Å². The Bertz CT molecular complexity index is 1030. The Hall–Kier alpha value is -3.38. The van der Waals surface area contributed by atoms with Gasteiger partial charge < -0.3 is 34.9 Å². The molecular weight excluding hydrogens is 455 g/mol. The lowest BCUT2D eigenvalue weighted by Crippen LogP contribution is -2.35. The van der Waals surface area contributed by atoms with Crippen LogP contribution in [0.5, 0.6) is 11.6 Å². The standard InChI is InChI=1S/C21H27BN4O7.C2H6/c1-12-9-13(10-14-18(12)15(11-17(27)28)33-22(14)30)31-16-5-6-23-19(26-16)24-7-8-25-20(29)32-21(2,3)4;1-2/h5-6,9-10,15,30H,7-8,11H2,1-4H3,(H,25,29)(H,27,28)(H,23,24,26);1-2H3. The smallest absolute Gasteiger partial charge is 0.481 e. The van der Waals surface area contributed by atoms with Gasteiger partial charge in [0.15, 0.2) is 0 Å². The minimum absolute atomic E-state index is 0.241. The van der Waals surface area contributed by atoms with Crippen molar-refractivity contribution in [1.29, 1.82) is 0 Å². The number of carbonyl (C=O) groups is 2. The van der Waals surface area contributed by atoms with Crippen LogP contribution in [0.15, 0.2) is 24.4 Å². The third kappa shape index (κ3) is 8.41. The number of carboxylic acid groups (broad SMARTS) is 1. The minimum atomic E-state index is -1.23. The molecule has 35 heavy (non-hydrogen) atoms. The number of aryl methyl sites for hydroxylation is 1. The van der Waals surface area contributed by atoms with E-state index in [-0.39, 0.29) is 12.3 Å². The number of carboxylic acids is 1. The number of benzene rings is 1. The van der Waals surface area contributed by atoms with Crippen LogP contribution in [0.2, 0.25) is 0 Å². The van der Waals surface area contributed by atoms with E-state index in [4.69, 9.17) is 19.2 Å². The fourth-order valence-electron chi connectivity index (χ4n) is 3.36. The Morgan fingerprint density at radius 2 is 1.94 bits per heavy atom. The molecule has 11 nitrogen and oxygen atoms in total. The lowest BCUT2D eigenvalue weighted by molar-refractivity contribution is -0.138. The summed E-state index contributed by atoms with van der Waals surface area (Å²) in [6.07, 6.45) is 0.0544. The second kappa shape index (κ2) is 12.4. The van der Waals surface area contributed by atoms with Crippen LogP contribution in [-0.2, 0) is 14.2 Å². The molecule has 12 heteroatoms. The number of hydrogen-bond acceptors (Lipinski definition) is 9. The van der Waals surface area contributed by atoms with Crippen molar-refractivity contribution < 1.29 is 33.8 Å². The van der Waals surface area contributed by atoms with Gasteiger partial charge in [0.25, 0.3) is 0 Å². The molecule has 2 aromatic rings. The van der Waals surface area contributed by atoms with Gasteiger partial charge >= 0.3 is 19.2 Å². The number of rotatable bonds is 8. The Morgan fingerprint density at radius 1 is 1.23 bits per heavy atom. The van der Waals surface area contributed by atoms with Crippen LogP contribution in [0.4, 0.5) is 10.7 Å². The number of aromatic nitrogens is 2. The molecule has 0 aliphatic carbocycles. The van der Waals surface area contributed by atoms with Gasteiger partial charge in [-0.3, -0.25) is 4.79 Å². The summed E-state index contributed by atoms with van der Waals surface area (Å²) in [5, 5.41) is 24.9. The van der Waals surface area contributed by atoms with E-state index < -0.39 is 30.9 Å². The summed E-state index contributed by atoms with van der Waals surface area (Å²) in [7, 11) is -1.23.